The molecule has 0 aliphatic heterocycles. The van der Waals surface area contributed by atoms with Gasteiger partial charge in [-0.3, -0.25) is 10.6 Å². The van der Waals surface area contributed by atoms with Crippen LogP contribution in [-0.4, -0.2) is 48.1 Å². The predicted octanol–water partition coefficient (Wildman–Crippen LogP) is 6.15. The van der Waals surface area contributed by atoms with E-state index >= 15 is 0 Å². The van der Waals surface area contributed by atoms with Crippen LogP contribution >= 0.6 is 31.9 Å². The second-order valence-electron chi connectivity index (χ2n) is 9.43. The molecule has 0 aromatic heterocycles. The van der Waals surface area contributed by atoms with Crippen molar-refractivity contribution >= 4 is 50.0 Å². The van der Waals surface area contributed by atoms with E-state index in [4.69, 9.17) is 14.2 Å². The average molecular weight is 669 g/mol. The first-order chi connectivity index (χ1) is 18.6. The van der Waals surface area contributed by atoms with Crippen molar-refractivity contribution in [2.75, 3.05) is 13.2 Å². The molecule has 9 nitrogen and oxygen atoms in total. The average Bonchev–Trinajstić information content (AvgIpc) is 2.87. The Hall–Kier alpha value is -2.73. The SMILES string of the molecule is CC(C)(C)OC(=O)NC(=NC(COCc1ccccc1)C/C(Br)=C(/Br)CCO)NC(=O)OCc1ccccc1. The molecule has 0 spiro atoms. The number of nitrogens with zero attached hydrogens (tertiary/aromatic N) is 1. The van der Waals surface area contributed by atoms with Crippen molar-refractivity contribution in [3.8, 4) is 0 Å². The third-order valence-electron chi connectivity index (χ3n) is 4.83. The molecule has 2 amide bonds. The highest BCUT2D eigenvalue weighted by Crippen LogP contribution is 2.26. The van der Waals surface area contributed by atoms with Crippen LogP contribution in [0.5, 0.6) is 0 Å². The maximum atomic E-state index is 12.6. The summed E-state index contributed by atoms with van der Waals surface area (Å²) in [7, 11) is 0. The van der Waals surface area contributed by atoms with Gasteiger partial charge in [-0.1, -0.05) is 92.5 Å². The monoisotopic (exact) mass is 667 g/mol. The standard InChI is InChI=1S/C28H35Br2N3O6/c1-28(2,3)39-27(36)33-25(32-26(35)38-18-21-12-8-5-9-13-21)31-22(16-24(30)23(29)14-15-34)19-37-17-20-10-6-4-7-11-20/h4-13,22,34H,14-19H2,1-3H3,(H2,31,32,33,35,36)/b24-23-. The molecule has 0 heterocycles. The van der Waals surface area contributed by atoms with Gasteiger partial charge in [0.2, 0.25) is 5.96 Å². The molecule has 0 aliphatic rings. The number of ether oxygens (including phenoxy) is 3. The second kappa shape index (κ2) is 17.1. The zero-order valence-corrected chi connectivity index (χ0v) is 25.5. The minimum Gasteiger partial charge on any atom is -0.444 e. The van der Waals surface area contributed by atoms with E-state index in [1.807, 2.05) is 60.7 Å². The summed E-state index contributed by atoms with van der Waals surface area (Å²) in [5.41, 5.74) is 1.04. The number of guanidine groups is 1. The summed E-state index contributed by atoms with van der Waals surface area (Å²) in [4.78, 5) is 29.7. The first kappa shape index (κ1) is 32.5. The molecule has 0 saturated carbocycles. The fraction of sp³-hybridized carbons (Fsp3) is 0.393. The maximum absolute atomic E-state index is 12.6. The minimum atomic E-state index is -0.798. The van der Waals surface area contributed by atoms with Crippen LogP contribution in [0.1, 0.15) is 44.7 Å². The lowest BCUT2D eigenvalue weighted by molar-refractivity contribution is 0.0560. The zero-order valence-electron chi connectivity index (χ0n) is 22.3. The number of aliphatic imine (C=N–C) groups is 1. The van der Waals surface area contributed by atoms with Crippen LogP contribution in [0.25, 0.3) is 0 Å². The summed E-state index contributed by atoms with van der Waals surface area (Å²) >= 11 is 7.00. The number of aliphatic hydroxyl groups excluding tert-OH is 1. The highest BCUT2D eigenvalue weighted by atomic mass is 79.9. The molecule has 2 rings (SSSR count). The first-order valence-corrected chi connectivity index (χ1v) is 14.0. The van der Waals surface area contributed by atoms with Crippen LogP contribution in [-0.2, 0) is 27.4 Å². The molecule has 0 radical (unpaired) electrons. The van der Waals surface area contributed by atoms with Gasteiger partial charge in [-0.25, -0.2) is 14.6 Å². The maximum Gasteiger partial charge on any atom is 0.414 e. The number of halogens is 2. The molecular weight excluding hydrogens is 634 g/mol. The molecule has 11 heteroatoms. The summed E-state index contributed by atoms with van der Waals surface area (Å²) in [6.45, 7) is 5.72. The largest absolute Gasteiger partial charge is 0.444 e. The van der Waals surface area contributed by atoms with Crippen molar-refractivity contribution in [3.05, 3.63) is 80.8 Å². The Morgan fingerprint density at radius 2 is 1.46 bits per heavy atom. The second-order valence-corrected chi connectivity index (χ2v) is 11.3. The Bertz CT molecular complexity index is 1110. The number of amides is 2. The fourth-order valence-electron chi connectivity index (χ4n) is 3.11. The number of aliphatic hydroxyl groups is 1. The van der Waals surface area contributed by atoms with Gasteiger partial charge < -0.3 is 19.3 Å². The molecule has 2 aromatic carbocycles. The topological polar surface area (TPSA) is 118 Å². The third-order valence-corrected chi connectivity index (χ3v) is 7.04. The number of benzene rings is 2. The molecule has 0 fully saturated rings. The molecule has 212 valence electrons. The van der Waals surface area contributed by atoms with Gasteiger partial charge in [-0.15, -0.1) is 0 Å². The number of nitrogens with one attached hydrogen (secondary N) is 2. The lowest BCUT2D eigenvalue weighted by Crippen LogP contribution is -2.46. The molecule has 0 saturated heterocycles. The van der Waals surface area contributed by atoms with Gasteiger partial charge in [-0.2, -0.15) is 0 Å². The molecule has 1 unspecified atom stereocenters. The zero-order chi connectivity index (χ0) is 28.7. The molecule has 3 N–H and O–H groups in total. The summed E-state index contributed by atoms with van der Waals surface area (Å²) < 4.78 is 18.1. The smallest absolute Gasteiger partial charge is 0.414 e. The van der Waals surface area contributed by atoms with Gasteiger partial charge in [0.15, 0.2) is 0 Å². The first-order valence-electron chi connectivity index (χ1n) is 12.4. The number of carbonyl (C=O) groups is 2. The van der Waals surface area contributed by atoms with Crippen molar-refractivity contribution < 1.29 is 28.9 Å². The van der Waals surface area contributed by atoms with Crippen molar-refractivity contribution in [3.63, 3.8) is 0 Å². The normalized spacial score (nSPS) is 13.2. The van der Waals surface area contributed by atoms with Crippen LogP contribution < -0.4 is 10.6 Å². The quantitative estimate of drug-likeness (QED) is 0.195. The lowest BCUT2D eigenvalue weighted by Gasteiger charge is -2.21. The Kier molecular flexibility index (Phi) is 14.2. The van der Waals surface area contributed by atoms with E-state index < -0.39 is 23.8 Å². The predicted molar refractivity (Wildman–Crippen MR) is 158 cm³/mol. The van der Waals surface area contributed by atoms with Gasteiger partial charge >= 0.3 is 12.2 Å². The van der Waals surface area contributed by atoms with E-state index in [9.17, 15) is 14.7 Å². The Balaban J connectivity index is 2.23. The molecule has 2 aromatic rings. The van der Waals surface area contributed by atoms with E-state index in [1.165, 1.54) is 0 Å². The number of alkyl carbamates (subject to hydrolysis) is 2. The molecule has 0 aliphatic carbocycles. The van der Waals surface area contributed by atoms with Crippen molar-refractivity contribution in [2.24, 2.45) is 4.99 Å². The number of hydrogen-bond donors (Lipinski definition) is 3. The third kappa shape index (κ3) is 14.3. The van der Waals surface area contributed by atoms with E-state index in [0.29, 0.717) is 19.4 Å². The molecular formula is C28H35Br2N3O6. The van der Waals surface area contributed by atoms with E-state index in [1.54, 1.807) is 20.8 Å². The fourth-order valence-corrected chi connectivity index (χ4v) is 4.03. The number of rotatable bonds is 11. The summed E-state index contributed by atoms with van der Waals surface area (Å²) in [6.07, 6.45) is -0.816. The van der Waals surface area contributed by atoms with Gasteiger partial charge in [0, 0.05) is 28.4 Å². The van der Waals surface area contributed by atoms with Crippen molar-refractivity contribution in [1.82, 2.24) is 10.6 Å². The van der Waals surface area contributed by atoms with Crippen LogP contribution in [0, 0.1) is 0 Å². The van der Waals surface area contributed by atoms with E-state index in [2.05, 4.69) is 47.5 Å². The minimum absolute atomic E-state index is 0.0333. The van der Waals surface area contributed by atoms with Gasteiger partial charge in [0.25, 0.3) is 0 Å². The molecule has 1 atom stereocenters. The van der Waals surface area contributed by atoms with Gasteiger partial charge in [0.1, 0.15) is 12.2 Å². The molecule has 39 heavy (non-hydrogen) atoms. The van der Waals surface area contributed by atoms with Gasteiger partial charge in [0.05, 0.1) is 19.3 Å². The highest BCUT2D eigenvalue weighted by molar-refractivity contribution is 9.14. The highest BCUT2D eigenvalue weighted by Gasteiger charge is 2.21. The summed E-state index contributed by atoms with van der Waals surface area (Å²) in [6, 6.07) is 18.3. The number of hydrogen-bond acceptors (Lipinski definition) is 7. The Morgan fingerprint density at radius 1 is 0.897 bits per heavy atom. The Labute approximate surface area is 246 Å². The number of carbonyl (C=O) groups excluding carboxylic acids is 2. The van der Waals surface area contributed by atoms with Crippen LogP contribution in [0.15, 0.2) is 74.6 Å². The van der Waals surface area contributed by atoms with Crippen LogP contribution in [0.3, 0.4) is 0 Å². The van der Waals surface area contributed by atoms with Crippen molar-refractivity contribution in [1.29, 1.82) is 0 Å². The Morgan fingerprint density at radius 3 is 2.03 bits per heavy atom. The van der Waals surface area contributed by atoms with Crippen LogP contribution in [0.2, 0.25) is 0 Å². The van der Waals surface area contributed by atoms with Crippen molar-refractivity contribution in [2.45, 2.75) is 58.5 Å². The lowest BCUT2D eigenvalue weighted by atomic mass is 10.2. The summed E-state index contributed by atoms with van der Waals surface area (Å²) in [5, 5.41) is 14.3. The summed E-state index contributed by atoms with van der Waals surface area (Å²) in [5.74, 6) is -0.144. The van der Waals surface area contributed by atoms with E-state index in [0.717, 1.165) is 20.1 Å². The van der Waals surface area contributed by atoms with Gasteiger partial charge in [-0.05, 0) is 31.9 Å². The van der Waals surface area contributed by atoms with E-state index in [-0.39, 0.29) is 25.8 Å². The van der Waals surface area contributed by atoms with Crippen LogP contribution in [0.4, 0.5) is 9.59 Å². The molecule has 0 bridgehead atoms.